The molecule has 1 N–H and O–H groups in total. The van der Waals surface area contributed by atoms with E-state index >= 15 is 0 Å². The van der Waals surface area contributed by atoms with Gasteiger partial charge < -0.3 is 9.84 Å². The Kier molecular flexibility index (Phi) is 5.14. The highest BCUT2D eigenvalue weighted by molar-refractivity contribution is 6.03. The Bertz CT molecular complexity index is 1250. The highest BCUT2D eigenvalue weighted by Gasteiger charge is 2.16. The zero-order valence-corrected chi connectivity index (χ0v) is 16.0. The van der Waals surface area contributed by atoms with Gasteiger partial charge in [0.2, 0.25) is 0 Å². The van der Waals surface area contributed by atoms with Crippen LogP contribution in [0.5, 0.6) is 5.75 Å². The maximum Gasteiger partial charge on any atom is 0.336 e. The molecule has 30 heavy (non-hydrogen) atoms. The molecule has 1 aromatic heterocycles. The van der Waals surface area contributed by atoms with Crippen molar-refractivity contribution < 1.29 is 23.4 Å². The van der Waals surface area contributed by atoms with Crippen LogP contribution in [0, 0.1) is 11.6 Å². The third kappa shape index (κ3) is 3.72. The summed E-state index contributed by atoms with van der Waals surface area (Å²) in [7, 11) is 0. The van der Waals surface area contributed by atoms with E-state index in [4.69, 9.17) is 4.74 Å². The van der Waals surface area contributed by atoms with Crippen molar-refractivity contribution in [2.24, 2.45) is 0 Å². The van der Waals surface area contributed by atoms with Gasteiger partial charge >= 0.3 is 5.97 Å². The first-order valence-corrected chi connectivity index (χ1v) is 9.33. The molecule has 1 heterocycles. The summed E-state index contributed by atoms with van der Waals surface area (Å²) in [4.78, 5) is 16.0. The molecule has 3 aromatic carbocycles. The SMILES string of the molecule is CCOc1ccc(-c2ccc(-c3cc(C(=O)O)c4cc(F)ccc4n3)c(F)c2)cc1. The number of halogens is 2. The molecule has 4 aromatic rings. The Morgan fingerprint density at radius 1 is 0.967 bits per heavy atom. The van der Waals surface area contributed by atoms with Crippen molar-refractivity contribution in [2.75, 3.05) is 6.61 Å². The van der Waals surface area contributed by atoms with Crippen LogP contribution in [-0.4, -0.2) is 22.7 Å². The summed E-state index contributed by atoms with van der Waals surface area (Å²) >= 11 is 0. The second-order valence-electron chi connectivity index (χ2n) is 6.67. The molecule has 4 nitrogen and oxygen atoms in total. The average molecular weight is 405 g/mol. The van der Waals surface area contributed by atoms with E-state index in [1.165, 1.54) is 24.3 Å². The zero-order valence-electron chi connectivity index (χ0n) is 16.0. The molecule has 0 aliphatic heterocycles. The van der Waals surface area contributed by atoms with Gasteiger partial charge in [-0.1, -0.05) is 18.2 Å². The van der Waals surface area contributed by atoms with Crippen molar-refractivity contribution in [3.63, 3.8) is 0 Å². The molecule has 0 bridgehead atoms. The smallest absolute Gasteiger partial charge is 0.336 e. The minimum Gasteiger partial charge on any atom is -0.494 e. The Hall–Kier alpha value is -3.80. The predicted octanol–water partition coefficient (Wildman–Crippen LogP) is 5.94. The van der Waals surface area contributed by atoms with Crippen LogP contribution in [0.2, 0.25) is 0 Å². The lowest BCUT2D eigenvalue weighted by Crippen LogP contribution is -2.01. The van der Waals surface area contributed by atoms with E-state index in [-0.39, 0.29) is 27.7 Å². The van der Waals surface area contributed by atoms with Gasteiger partial charge in [-0.3, -0.25) is 0 Å². The van der Waals surface area contributed by atoms with Crippen molar-refractivity contribution in [1.29, 1.82) is 0 Å². The molecule has 0 amide bonds. The summed E-state index contributed by atoms with van der Waals surface area (Å²) in [5.74, 6) is -1.60. The maximum atomic E-state index is 14.9. The van der Waals surface area contributed by atoms with Gasteiger partial charge in [0.05, 0.1) is 23.4 Å². The number of rotatable bonds is 5. The van der Waals surface area contributed by atoms with Crippen molar-refractivity contribution in [3.8, 4) is 28.1 Å². The Balaban J connectivity index is 1.77. The molecule has 4 rings (SSSR count). The molecular weight excluding hydrogens is 388 g/mol. The first-order valence-electron chi connectivity index (χ1n) is 9.33. The number of benzene rings is 3. The van der Waals surface area contributed by atoms with E-state index in [1.807, 2.05) is 31.2 Å². The zero-order chi connectivity index (χ0) is 21.3. The predicted molar refractivity (Wildman–Crippen MR) is 111 cm³/mol. The van der Waals surface area contributed by atoms with Crippen molar-refractivity contribution in [2.45, 2.75) is 6.92 Å². The fraction of sp³-hybridized carbons (Fsp3) is 0.0833. The third-order valence-corrected chi connectivity index (χ3v) is 4.74. The molecule has 0 aliphatic carbocycles. The molecule has 0 saturated carbocycles. The number of aromatic carboxylic acids is 1. The second kappa shape index (κ2) is 7.91. The van der Waals surface area contributed by atoms with Gasteiger partial charge in [0.15, 0.2) is 0 Å². The second-order valence-corrected chi connectivity index (χ2v) is 6.67. The number of aromatic nitrogens is 1. The van der Waals surface area contributed by atoms with E-state index in [9.17, 15) is 18.7 Å². The number of hydrogen-bond donors (Lipinski definition) is 1. The highest BCUT2D eigenvalue weighted by Crippen LogP contribution is 2.31. The van der Waals surface area contributed by atoms with Gasteiger partial charge in [-0.2, -0.15) is 0 Å². The number of carboxylic acid groups (broad SMARTS) is 1. The monoisotopic (exact) mass is 405 g/mol. The Labute approximate surface area is 171 Å². The standard InChI is InChI=1S/C24H17F2NO3/c1-2-30-17-7-3-14(4-8-17)15-5-9-18(21(26)11-15)23-13-20(24(28)29)19-12-16(25)6-10-22(19)27-23/h3-13H,2H2,1H3,(H,28,29). The molecule has 0 spiro atoms. The van der Waals surface area contributed by atoms with E-state index in [1.54, 1.807) is 12.1 Å². The number of nitrogens with zero attached hydrogens (tertiary/aromatic N) is 1. The fourth-order valence-electron chi connectivity index (χ4n) is 3.33. The first kappa shape index (κ1) is 19.5. The molecule has 0 aliphatic rings. The van der Waals surface area contributed by atoms with Crippen LogP contribution in [0.1, 0.15) is 17.3 Å². The number of carboxylic acids is 1. The van der Waals surface area contributed by atoms with Gasteiger partial charge in [-0.15, -0.1) is 0 Å². The van der Waals surface area contributed by atoms with E-state index < -0.39 is 17.6 Å². The molecule has 150 valence electrons. The number of ether oxygens (including phenoxy) is 1. The van der Waals surface area contributed by atoms with Gasteiger partial charge in [-0.25, -0.2) is 18.6 Å². The fourth-order valence-corrected chi connectivity index (χ4v) is 3.33. The molecule has 0 atom stereocenters. The third-order valence-electron chi connectivity index (χ3n) is 4.74. The number of hydrogen-bond acceptors (Lipinski definition) is 3. The Morgan fingerprint density at radius 2 is 1.70 bits per heavy atom. The largest absolute Gasteiger partial charge is 0.494 e. The van der Waals surface area contributed by atoms with Crippen LogP contribution in [-0.2, 0) is 0 Å². The van der Waals surface area contributed by atoms with Crippen LogP contribution in [0.3, 0.4) is 0 Å². The summed E-state index contributed by atoms with van der Waals surface area (Å²) in [6.07, 6.45) is 0. The lowest BCUT2D eigenvalue weighted by molar-refractivity contribution is 0.0699. The van der Waals surface area contributed by atoms with Crippen LogP contribution in [0.25, 0.3) is 33.3 Å². The average Bonchev–Trinajstić information content (AvgIpc) is 2.73. The van der Waals surface area contributed by atoms with Crippen LogP contribution in [0.15, 0.2) is 66.7 Å². The molecular formula is C24H17F2NO3. The summed E-state index contributed by atoms with van der Waals surface area (Å²) < 4.78 is 33.9. The summed E-state index contributed by atoms with van der Waals surface area (Å²) in [6.45, 7) is 2.46. The lowest BCUT2D eigenvalue weighted by Gasteiger charge is -2.10. The van der Waals surface area contributed by atoms with Gasteiger partial charge in [0, 0.05) is 10.9 Å². The minimum absolute atomic E-state index is 0.135. The molecule has 0 radical (unpaired) electrons. The van der Waals surface area contributed by atoms with Gasteiger partial charge in [0.25, 0.3) is 0 Å². The number of carbonyl (C=O) groups is 1. The first-order chi connectivity index (χ1) is 14.5. The molecule has 0 saturated heterocycles. The van der Waals surface area contributed by atoms with Crippen molar-refractivity contribution in [1.82, 2.24) is 4.98 Å². The molecule has 0 unspecified atom stereocenters. The van der Waals surface area contributed by atoms with E-state index in [2.05, 4.69) is 4.98 Å². The quantitative estimate of drug-likeness (QED) is 0.446. The van der Waals surface area contributed by atoms with Gasteiger partial charge in [-0.05, 0) is 66.6 Å². The normalized spacial score (nSPS) is 10.9. The highest BCUT2D eigenvalue weighted by atomic mass is 19.1. The maximum absolute atomic E-state index is 14.9. The Morgan fingerprint density at radius 3 is 2.37 bits per heavy atom. The summed E-state index contributed by atoms with van der Waals surface area (Å²) in [5.41, 5.74) is 1.96. The topological polar surface area (TPSA) is 59.4 Å². The lowest BCUT2D eigenvalue weighted by atomic mass is 10.00. The number of pyridine rings is 1. The summed E-state index contributed by atoms with van der Waals surface area (Å²) in [5, 5.41) is 9.68. The van der Waals surface area contributed by atoms with Crippen molar-refractivity contribution in [3.05, 3.63) is 83.9 Å². The van der Waals surface area contributed by atoms with Crippen LogP contribution < -0.4 is 4.74 Å². The molecule has 0 fully saturated rings. The van der Waals surface area contributed by atoms with E-state index in [0.717, 1.165) is 17.4 Å². The van der Waals surface area contributed by atoms with Crippen LogP contribution >= 0.6 is 0 Å². The minimum atomic E-state index is -1.24. The molecule has 6 heteroatoms. The van der Waals surface area contributed by atoms with Gasteiger partial charge in [0.1, 0.15) is 17.4 Å². The summed E-state index contributed by atoms with van der Waals surface area (Å²) in [6, 6.07) is 16.9. The van der Waals surface area contributed by atoms with Crippen molar-refractivity contribution >= 4 is 16.9 Å². The number of fused-ring (bicyclic) bond motifs is 1. The van der Waals surface area contributed by atoms with Crippen LogP contribution in [0.4, 0.5) is 8.78 Å². The van der Waals surface area contributed by atoms with E-state index in [0.29, 0.717) is 12.2 Å².